The van der Waals surface area contributed by atoms with Crippen molar-refractivity contribution < 1.29 is 14.0 Å². The first-order valence-electron chi connectivity index (χ1n) is 8.90. The SMILES string of the molecule is CC1(C)OB(c2ccc3c(c2)OCC(c2ccccc2Cl)N3)OC1(C)C. The van der Waals surface area contributed by atoms with E-state index >= 15 is 0 Å². The van der Waals surface area contributed by atoms with E-state index in [-0.39, 0.29) is 17.2 Å². The van der Waals surface area contributed by atoms with Crippen LogP contribution in [0.3, 0.4) is 0 Å². The summed E-state index contributed by atoms with van der Waals surface area (Å²) >= 11 is 6.32. The van der Waals surface area contributed by atoms with Gasteiger partial charge in [-0.15, -0.1) is 0 Å². The first-order valence-corrected chi connectivity index (χ1v) is 9.28. The zero-order valence-electron chi connectivity index (χ0n) is 15.5. The van der Waals surface area contributed by atoms with Crippen molar-refractivity contribution in [1.29, 1.82) is 0 Å². The number of ether oxygens (including phenoxy) is 1. The van der Waals surface area contributed by atoms with E-state index in [4.69, 9.17) is 25.6 Å². The zero-order chi connectivity index (χ0) is 18.5. The molecule has 136 valence electrons. The van der Waals surface area contributed by atoms with Crippen LogP contribution in [0.2, 0.25) is 5.02 Å². The van der Waals surface area contributed by atoms with Crippen LogP contribution in [0.15, 0.2) is 42.5 Å². The summed E-state index contributed by atoms with van der Waals surface area (Å²) in [6.07, 6.45) is 0. The van der Waals surface area contributed by atoms with Crippen molar-refractivity contribution in [2.24, 2.45) is 0 Å². The van der Waals surface area contributed by atoms with Crippen molar-refractivity contribution in [3.8, 4) is 5.75 Å². The summed E-state index contributed by atoms with van der Waals surface area (Å²) in [5.74, 6) is 0.806. The molecular weight excluding hydrogens is 348 g/mol. The molecule has 0 radical (unpaired) electrons. The summed E-state index contributed by atoms with van der Waals surface area (Å²) < 4.78 is 18.3. The lowest BCUT2D eigenvalue weighted by Crippen LogP contribution is -2.41. The Morgan fingerprint density at radius 1 is 1.04 bits per heavy atom. The predicted octanol–water partition coefficient (Wildman–Crippen LogP) is 4.18. The number of hydrogen-bond donors (Lipinski definition) is 1. The fraction of sp³-hybridized carbons (Fsp3) is 0.400. The van der Waals surface area contributed by atoms with Gasteiger partial charge in [-0.3, -0.25) is 0 Å². The summed E-state index contributed by atoms with van der Waals surface area (Å²) in [6, 6.07) is 13.9. The summed E-state index contributed by atoms with van der Waals surface area (Å²) in [4.78, 5) is 0. The Balaban J connectivity index is 1.56. The third-order valence-electron chi connectivity index (χ3n) is 5.55. The topological polar surface area (TPSA) is 39.7 Å². The van der Waals surface area contributed by atoms with Crippen molar-refractivity contribution >= 4 is 29.9 Å². The molecule has 2 aliphatic rings. The van der Waals surface area contributed by atoms with Gasteiger partial charge in [0.25, 0.3) is 0 Å². The van der Waals surface area contributed by atoms with Gasteiger partial charge in [0, 0.05) is 5.02 Å². The highest BCUT2D eigenvalue weighted by Gasteiger charge is 2.51. The van der Waals surface area contributed by atoms with E-state index in [1.165, 1.54) is 0 Å². The molecule has 2 aromatic rings. The molecule has 1 unspecified atom stereocenters. The fourth-order valence-electron chi connectivity index (χ4n) is 3.23. The minimum Gasteiger partial charge on any atom is -0.489 e. The molecule has 0 amide bonds. The largest absolute Gasteiger partial charge is 0.494 e. The second-order valence-corrected chi connectivity index (χ2v) is 8.28. The normalized spacial score (nSPS) is 23.1. The van der Waals surface area contributed by atoms with Gasteiger partial charge in [0.1, 0.15) is 12.4 Å². The summed E-state index contributed by atoms with van der Waals surface area (Å²) in [7, 11) is -0.393. The average molecular weight is 372 g/mol. The molecule has 2 heterocycles. The number of anilines is 1. The lowest BCUT2D eigenvalue weighted by atomic mass is 9.79. The maximum atomic E-state index is 6.32. The lowest BCUT2D eigenvalue weighted by molar-refractivity contribution is 0.00578. The Hall–Kier alpha value is -1.69. The second-order valence-electron chi connectivity index (χ2n) is 7.87. The van der Waals surface area contributed by atoms with Crippen LogP contribution < -0.4 is 15.5 Å². The van der Waals surface area contributed by atoms with Crippen LogP contribution in [0.5, 0.6) is 5.75 Å². The highest BCUT2D eigenvalue weighted by atomic mass is 35.5. The lowest BCUT2D eigenvalue weighted by Gasteiger charge is -2.32. The van der Waals surface area contributed by atoms with Gasteiger partial charge in [-0.2, -0.15) is 0 Å². The van der Waals surface area contributed by atoms with Crippen LogP contribution in [0, 0.1) is 0 Å². The Bertz CT molecular complexity index is 824. The molecule has 1 atom stereocenters. The van der Waals surface area contributed by atoms with E-state index < -0.39 is 7.12 Å². The van der Waals surface area contributed by atoms with Crippen LogP contribution in [0.1, 0.15) is 39.3 Å². The molecule has 0 spiro atoms. The minimum absolute atomic E-state index is 0.0268. The Morgan fingerprint density at radius 2 is 1.73 bits per heavy atom. The van der Waals surface area contributed by atoms with E-state index in [0.29, 0.717) is 6.61 Å². The van der Waals surface area contributed by atoms with Gasteiger partial charge < -0.3 is 19.4 Å². The first kappa shape index (κ1) is 17.7. The van der Waals surface area contributed by atoms with Crippen LogP contribution in [-0.2, 0) is 9.31 Å². The number of fused-ring (bicyclic) bond motifs is 1. The molecule has 4 nitrogen and oxygen atoms in total. The van der Waals surface area contributed by atoms with Crippen LogP contribution in [-0.4, -0.2) is 24.9 Å². The van der Waals surface area contributed by atoms with Crippen molar-refractivity contribution in [2.75, 3.05) is 11.9 Å². The molecule has 1 fully saturated rings. The molecule has 1 N–H and O–H groups in total. The van der Waals surface area contributed by atoms with Crippen LogP contribution >= 0.6 is 11.6 Å². The molecule has 6 heteroatoms. The minimum atomic E-state index is -0.393. The van der Waals surface area contributed by atoms with Gasteiger partial charge in [-0.05, 0) is 56.9 Å². The number of rotatable bonds is 2. The first-order chi connectivity index (χ1) is 12.3. The molecule has 1 saturated heterocycles. The van der Waals surface area contributed by atoms with Crippen molar-refractivity contribution in [2.45, 2.75) is 44.9 Å². The van der Waals surface area contributed by atoms with Gasteiger partial charge in [0.15, 0.2) is 0 Å². The highest BCUT2D eigenvalue weighted by Crippen LogP contribution is 2.38. The molecule has 4 rings (SSSR count). The molecule has 0 bridgehead atoms. The standard InChI is InChI=1S/C20H23BClNO3/c1-19(2)20(3,4)26-21(25-19)13-9-10-16-18(11-13)24-12-17(23-16)14-7-5-6-8-15(14)22/h5-11,17,23H,12H2,1-4H3. The Labute approximate surface area is 159 Å². The molecule has 0 aromatic heterocycles. The second kappa shape index (κ2) is 6.19. The number of halogens is 1. The van der Waals surface area contributed by atoms with Crippen molar-refractivity contribution in [3.05, 3.63) is 53.1 Å². The molecule has 26 heavy (non-hydrogen) atoms. The van der Waals surface area contributed by atoms with E-state index in [1.807, 2.05) is 42.5 Å². The number of nitrogens with one attached hydrogen (secondary N) is 1. The van der Waals surface area contributed by atoms with Crippen molar-refractivity contribution in [1.82, 2.24) is 0 Å². The number of hydrogen-bond acceptors (Lipinski definition) is 4. The Kier molecular flexibility index (Phi) is 4.22. The van der Waals surface area contributed by atoms with Gasteiger partial charge >= 0.3 is 7.12 Å². The van der Waals surface area contributed by atoms with Gasteiger partial charge in [0.2, 0.25) is 0 Å². The molecule has 2 aliphatic heterocycles. The summed E-state index contributed by atoms with van der Waals surface area (Å²) in [6.45, 7) is 8.73. The summed E-state index contributed by atoms with van der Waals surface area (Å²) in [5, 5.41) is 4.25. The molecule has 0 saturated carbocycles. The molecular formula is C20H23BClNO3. The zero-order valence-corrected chi connectivity index (χ0v) is 16.3. The highest BCUT2D eigenvalue weighted by molar-refractivity contribution is 6.62. The van der Waals surface area contributed by atoms with Crippen LogP contribution in [0.4, 0.5) is 5.69 Å². The quantitative estimate of drug-likeness (QED) is 0.804. The van der Waals surface area contributed by atoms with Crippen LogP contribution in [0.25, 0.3) is 0 Å². The molecule has 2 aromatic carbocycles. The maximum absolute atomic E-state index is 6.32. The fourth-order valence-corrected chi connectivity index (χ4v) is 3.50. The maximum Gasteiger partial charge on any atom is 0.494 e. The third kappa shape index (κ3) is 2.98. The Morgan fingerprint density at radius 3 is 2.42 bits per heavy atom. The van der Waals surface area contributed by atoms with E-state index in [9.17, 15) is 0 Å². The monoisotopic (exact) mass is 371 g/mol. The molecule has 0 aliphatic carbocycles. The number of benzene rings is 2. The predicted molar refractivity (Wildman–Crippen MR) is 105 cm³/mol. The van der Waals surface area contributed by atoms with Gasteiger partial charge in [-0.1, -0.05) is 35.9 Å². The van der Waals surface area contributed by atoms with E-state index in [1.54, 1.807) is 0 Å². The van der Waals surface area contributed by atoms with Gasteiger partial charge in [-0.25, -0.2) is 0 Å². The third-order valence-corrected chi connectivity index (χ3v) is 5.89. The van der Waals surface area contributed by atoms with Crippen molar-refractivity contribution in [3.63, 3.8) is 0 Å². The van der Waals surface area contributed by atoms with E-state index in [0.717, 1.165) is 27.5 Å². The smallest absolute Gasteiger partial charge is 0.489 e. The van der Waals surface area contributed by atoms with Gasteiger partial charge in [0.05, 0.1) is 22.9 Å². The summed E-state index contributed by atoms with van der Waals surface area (Å²) in [5.41, 5.74) is 2.22. The average Bonchev–Trinajstić information content (AvgIpc) is 2.82. The van der Waals surface area contributed by atoms with E-state index in [2.05, 4.69) is 33.0 Å².